The number of para-hydroxylation sites is 1. The highest BCUT2D eigenvalue weighted by atomic mass is 32.1. The second-order valence-electron chi connectivity index (χ2n) is 8.23. The van der Waals surface area contributed by atoms with Crippen LogP contribution in [-0.2, 0) is 5.41 Å². The Kier molecular flexibility index (Phi) is 3.39. The molecular weight excluding hydrogens is 312 g/mol. The standard InChI is InChI=1S/C21H24N2S/c1-5-21(4)11-10-14-17(19(21)22-12-24)16-13-8-6-7-9-15(13)23-18(16)20(14,2)3/h5-9,14,17,19,23H,1,10-11H2,2-4H3/t14-,17-,19+,21+/m1/s1. The van der Waals surface area contributed by atoms with Crippen LogP contribution in [-0.4, -0.2) is 16.2 Å². The van der Waals surface area contributed by atoms with Crippen LogP contribution in [0.2, 0.25) is 0 Å². The van der Waals surface area contributed by atoms with Gasteiger partial charge in [0.2, 0.25) is 0 Å². The Morgan fingerprint density at radius 2 is 2.08 bits per heavy atom. The van der Waals surface area contributed by atoms with E-state index < -0.39 is 0 Å². The van der Waals surface area contributed by atoms with Crippen molar-refractivity contribution in [2.75, 3.05) is 0 Å². The molecule has 3 heteroatoms. The molecule has 1 aromatic carbocycles. The Hall–Kier alpha value is -1.70. The molecule has 1 aromatic heterocycles. The highest BCUT2D eigenvalue weighted by Gasteiger charge is 2.57. The average molecular weight is 337 g/mol. The minimum Gasteiger partial charge on any atom is -0.358 e. The maximum atomic E-state index is 5.02. The lowest BCUT2D eigenvalue weighted by atomic mass is 9.59. The number of nitrogens with zero attached hydrogens (tertiary/aromatic N) is 1. The molecule has 1 N–H and O–H groups in total. The topological polar surface area (TPSA) is 28.1 Å². The van der Waals surface area contributed by atoms with Gasteiger partial charge in [0.05, 0.1) is 11.2 Å². The Labute approximate surface area is 149 Å². The molecule has 124 valence electrons. The van der Waals surface area contributed by atoms with Crippen molar-refractivity contribution in [3.05, 3.63) is 48.2 Å². The van der Waals surface area contributed by atoms with Crippen molar-refractivity contribution >= 4 is 28.3 Å². The van der Waals surface area contributed by atoms with Crippen LogP contribution in [0, 0.1) is 11.3 Å². The van der Waals surface area contributed by atoms with Crippen LogP contribution in [0.5, 0.6) is 0 Å². The lowest BCUT2D eigenvalue weighted by Crippen LogP contribution is -2.44. The number of thiocarbonyl (C=S) groups is 1. The maximum absolute atomic E-state index is 5.02. The van der Waals surface area contributed by atoms with Gasteiger partial charge in [0.15, 0.2) is 0 Å². The fraction of sp³-hybridized carbons (Fsp3) is 0.476. The number of isothiocyanates is 1. The first-order valence-electron chi connectivity index (χ1n) is 8.75. The monoisotopic (exact) mass is 336 g/mol. The molecule has 0 saturated heterocycles. The van der Waals surface area contributed by atoms with Crippen molar-refractivity contribution in [2.45, 2.75) is 51.0 Å². The first-order valence-corrected chi connectivity index (χ1v) is 9.16. The molecule has 0 aliphatic heterocycles. The minimum absolute atomic E-state index is 0.0248. The van der Waals surface area contributed by atoms with Crippen LogP contribution in [0.3, 0.4) is 0 Å². The third-order valence-corrected chi connectivity index (χ3v) is 6.86. The van der Waals surface area contributed by atoms with Gasteiger partial charge in [-0.3, -0.25) is 0 Å². The van der Waals surface area contributed by atoms with Gasteiger partial charge in [-0.15, -0.1) is 6.58 Å². The van der Waals surface area contributed by atoms with Gasteiger partial charge in [-0.25, -0.2) is 4.99 Å². The van der Waals surface area contributed by atoms with Gasteiger partial charge in [-0.1, -0.05) is 45.0 Å². The summed E-state index contributed by atoms with van der Waals surface area (Å²) in [5.41, 5.74) is 4.16. The van der Waals surface area contributed by atoms with Gasteiger partial charge >= 0.3 is 0 Å². The van der Waals surface area contributed by atoms with E-state index in [0.29, 0.717) is 11.8 Å². The van der Waals surface area contributed by atoms with E-state index in [9.17, 15) is 0 Å². The molecule has 24 heavy (non-hydrogen) atoms. The summed E-state index contributed by atoms with van der Waals surface area (Å²) in [6, 6.07) is 8.75. The highest BCUT2D eigenvalue weighted by molar-refractivity contribution is 7.78. The third kappa shape index (κ3) is 1.89. The summed E-state index contributed by atoms with van der Waals surface area (Å²) >= 11 is 5.02. The highest BCUT2D eigenvalue weighted by Crippen LogP contribution is 2.62. The van der Waals surface area contributed by atoms with E-state index in [-0.39, 0.29) is 16.9 Å². The van der Waals surface area contributed by atoms with Crippen LogP contribution in [0.25, 0.3) is 10.9 Å². The molecule has 1 fully saturated rings. The number of fused-ring (bicyclic) bond motifs is 5. The second kappa shape index (κ2) is 5.15. The fourth-order valence-electron chi connectivity index (χ4n) is 5.30. The Morgan fingerprint density at radius 1 is 1.33 bits per heavy atom. The summed E-state index contributed by atoms with van der Waals surface area (Å²) < 4.78 is 0. The van der Waals surface area contributed by atoms with Crippen LogP contribution >= 0.6 is 12.2 Å². The Morgan fingerprint density at radius 3 is 2.79 bits per heavy atom. The normalized spacial score (nSPS) is 33.5. The number of benzene rings is 1. The molecular formula is C21H24N2S. The fourth-order valence-corrected chi connectivity index (χ4v) is 5.42. The summed E-state index contributed by atoms with van der Waals surface area (Å²) in [6.45, 7) is 11.1. The largest absolute Gasteiger partial charge is 0.358 e. The van der Waals surface area contributed by atoms with Gasteiger partial charge in [0, 0.05) is 33.3 Å². The molecule has 0 bridgehead atoms. The zero-order valence-electron chi connectivity index (χ0n) is 14.6. The van der Waals surface area contributed by atoms with Gasteiger partial charge < -0.3 is 4.98 Å². The van der Waals surface area contributed by atoms with Gasteiger partial charge in [-0.2, -0.15) is 0 Å². The number of aromatic nitrogens is 1. The van der Waals surface area contributed by atoms with Gasteiger partial charge in [-0.05, 0) is 42.6 Å². The van der Waals surface area contributed by atoms with E-state index in [1.165, 1.54) is 28.6 Å². The molecule has 2 nitrogen and oxygen atoms in total. The van der Waals surface area contributed by atoms with Crippen molar-refractivity contribution in [3.63, 3.8) is 0 Å². The number of nitrogens with one attached hydrogen (secondary N) is 1. The summed E-state index contributed by atoms with van der Waals surface area (Å²) in [5, 5.41) is 4.03. The molecule has 4 rings (SSSR count). The van der Waals surface area contributed by atoms with Crippen molar-refractivity contribution in [3.8, 4) is 0 Å². The molecule has 4 atom stereocenters. The summed E-state index contributed by atoms with van der Waals surface area (Å²) in [7, 11) is 0. The Balaban J connectivity index is 2.00. The molecule has 2 aliphatic carbocycles. The van der Waals surface area contributed by atoms with E-state index in [2.05, 4.69) is 72.8 Å². The second-order valence-corrected chi connectivity index (χ2v) is 8.41. The third-order valence-electron chi connectivity index (χ3n) is 6.75. The number of aliphatic imine (C=N–C) groups is 1. The first-order chi connectivity index (χ1) is 11.4. The number of hydrogen-bond donors (Lipinski definition) is 1. The summed E-state index contributed by atoms with van der Waals surface area (Å²) in [5.74, 6) is 0.951. The van der Waals surface area contributed by atoms with E-state index >= 15 is 0 Å². The molecule has 0 spiro atoms. The van der Waals surface area contributed by atoms with E-state index in [1.807, 2.05) is 0 Å². The average Bonchev–Trinajstić information content (AvgIpc) is 3.05. The van der Waals surface area contributed by atoms with Crippen molar-refractivity contribution in [2.24, 2.45) is 16.3 Å². The SMILES string of the molecule is C=C[C@@]1(C)CC[C@@H]2[C@H](c3c([nH]c4ccccc34)C2(C)C)[C@@H]1N=C=S. The zero-order chi connectivity index (χ0) is 17.1. The molecule has 0 amide bonds. The van der Waals surface area contributed by atoms with Crippen LogP contribution in [0.15, 0.2) is 41.9 Å². The molecule has 2 aliphatic rings. The smallest absolute Gasteiger partial charge is 0.0762 e. The number of hydrogen-bond acceptors (Lipinski definition) is 2. The van der Waals surface area contributed by atoms with Gasteiger partial charge in [0.1, 0.15) is 0 Å². The maximum Gasteiger partial charge on any atom is 0.0762 e. The Bertz CT molecular complexity index is 871. The molecule has 2 aromatic rings. The number of rotatable bonds is 2. The van der Waals surface area contributed by atoms with Gasteiger partial charge in [0.25, 0.3) is 0 Å². The quantitative estimate of drug-likeness (QED) is 0.430. The van der Waals surface area contributed by atoms with E-state index in [4.69, 9.17) is 12.2 Å². The summed E-state index contributed by atoms with van der Waals surface area (Å²) in [4.78, 5) is 8.40. The predicted molar refractivity (Wildman–Crippen MR) is 104 cm³/mol. The van der Waals surface area contributed by atoms with E-state index in [0.717, 1.165) is 6.42 Å². The number of H-pyrrole nitrogens is 1. The van der Waals surface area contributed by atoms with Crippen LogP contribution < -0.4 is 0 Å². The lowest BCUT2D eigenvalue weighted by molar-refractivity contribution is 0.126. The van der Waals surface area contributed by atoms with Crippen molar-refractivity contribution in [1.82, 2.24) is 4.98 Å². The molecule has 0 radical (unpaired) electrons. The zero-order valence-corrected chi connectivity index (χ0v) is 15.4. The molecule has 1 saturated carbocycles. The van der Waals surface area contributed by atoms with E-state index in [1.54, 1.807) is 0 Å². The summed E-state index contributed by atoms with van der Waals surface area (Å²) in [6.07, 6.45) is 4.39. The van der Waals surface area contributed by atoms with Crippen LogP contribution in [0.4, 0.5) is 0 Å². The van der Waals surface area contributed by atoms with Crippen molar-refractivity contribution < 1.29 is 0 Å². The molecule has 0 unspecified atom stereocenters. The molecule has 1 heterocycles. The number of aromatic amines is 1. The predicted octanol–water partition coefficient (Wildman–Crippen LogP) is 5.62. The first kappa shape index (κ1) is 15.8. The lowest BCUT2D eigenvalue weighted by Gasteiger charge is -2.46. The van der Waals surface area contributed by atoms with Crippen molar-refractivity contribution in [1.29, 1.82) is 0 Å². The minimum atomic E-state index is -0.0248. The van der Waals surface area contributed by atoms with Crippen LogP contribution in [0.1, 0.15) is 50.8 Å².